The molecule has 0 atom stereocenters. The number of aryl methyl sites for hydroxylation is 1. The van der Waals surface area contributed by atoms with Crippen molar-refractivity contribution < 1.29 is 9.15 Å². The number of hydrogen-bond acceptors (Lipinski definition) is 5. The Bertz CT molecular complexity index is 788. The molecule has 0 saturated heterocycles. The summed E-state index contributed by atoms with van der Waals surface area (Å²) < 4.78 is 10.5. The van der Waals surface area contributed by atoms with E-state index in [1.807, 2.05) is 31.2 Å². The topological polar surface area (TPSA) is 48.2 Å². The maximum Gasteiger partial charge on any atom is 0.256 e. The van der Waals surface area contributed by atoms with E-state index in [0.29, 0.717) is 16.1 Å². The van der Waals surface area contributed by atoms with Crippen LogP contribution in [-0.2, 0) is 5.75 Å². The van der Waals surface area contributed by atoms with Crippen LogP contribution in [0.4, 0.5) is 0 Å². The molecule has 0 radical (unpaired) electrons. The van der Waals surface area contributed by atoms with Crippen molar-refractivity contribution in [2.24, 2.45) is 0 Å². The SMILES string of the molecule is COc1ccc2cc(CSc3nc(C)co3)c(Cl)nc2c1. The van der Waals surface area contributed by atoms with Crippen LogP contribution >= 0.6 is 23.4 Å². The summed E-state index contributed by atoms with van der Waals surface area (Å²) in [6, 6.07) is 7.79. The average Bonchev–Trinajstić information content (AvgIpc) is 2.90. The minimum atomic E-state index is 0.492. The summed E-state index contributed by atoms with van der Waals surface area (Å²) in [4.78, 5) is 8.68. The molecule has 0 N–H and O–H groups in total. The molecule has 0 aliphatic rings. The number of oxazole rings is 1. The lowest BCUT2D eigenvalue weighted by Gasteiger charge is -2.06. The van der Waals surface area contributed by atoms with Gasteiger partial charge in [0.1, 0.15) is 17.2 Å². The van der Waals surface area contributed by atoms with Crippen LogP contribution in [0, 0.1) is 6.92 Å². The van der Waals surface area contributed by atoms with E-state index in [2.05, 4.69) is 9.97 Å². The Labute approximate surface area is 131 Å². The molecule has 1 aromatic carbocycles. The molecule has 0 aliphatic heterocycles. The second-order valence-electron chi connectivity index (χ2n) is 4.54. The molecule has 4 nitrogen and oxygen atoms in total. The number of pyridine rings is 1. The van der Waals surface area contributed by atoms with Gasteiger partial charge < -0.3 is 9.15 Å². The van der Waals surface area contributed by atoms with Crippen LogP contribution in [0.25, 0.3) is 10.9 Å². The smallest absolute Gasteiger partial charge is 0.256 e. The summed E-state index contributed by atoms with van der Waals surface area (Å²) in [5.41, 5.74) is 2.64. The van der Waals surface area contributed by atoms with Gasteiger partial charge in [0.2, 0.25) is 0 Å². The van der Waals surface area contributed by atoms with Crippen molar-refractivity contribution in [2.45, 2.75) is 17.9 Å². The van der Waals surface area contributed by atoms with Crippen LogP contribution in [-0.4, -0.2) is 17.1 Å². The third-order valence-electron chi connectivity index (χ3n) is 3.00. The lowest BCUT2D eigenvalue weighted by Crippen LogP contribution is -1.90. The van der Waals surface area contributed by atoms with Gasteiger partial charge in [-0.05, 0) is 25.1 Å². The van der Waals surface area contributed by atoms with Gasteiger partial charge >= 0.3 is 0 Å². The van der Waals surface area contributed by atoms with E-state index < -0.39 is 0 Å². The number of ether oxygens (including phenoxy) is 1. The quantitative estimate of drug-likeness (QED) is 0.524. The minimum Gasteiger partial charge on any atom is -0.497 e. The Kier molecular flexibility index (Phi) is 4.03. The number of methoxy groups -OCH3 is 1. The standard InChI is InChI=1S/C15H13ClN2O2S/c1-9-7-20-15(17-9)21-8-11-5-10-3-4-12(19-2)6-13(10)18-14(11)16/h3-7H,8H2,1-2H3. The summed E-state index contributed by atoms with van der Waals surface area (Å²) in [5.74, 6) is 1.43. The monoisotopic (exact) mass is 320 g/mol. The van der Waals surface area contributed by atoms with E-state index in [1.54, 1.807) is 13.4 Å². The first-order chi connectivity index (χ1) is 10.2. The Morgan fingerprint density at radius 1 is 1.29 bits per heavy atom. The fourth-order valence-corrected chi connectivity index (χ4v) is 3.05. The highest BCUT2D eigenvalue weighted by Crippen LogP contribution is 2.29. The van der Waals surface area contributed by atoms with Gasteiger partial charge in [0, 0.05) is 22.8 Å². The van der Waals surface area contributed by atoms with Crippen LogP contribution < -0.4 is 4.74 Å². The minimum absolute atomic E-state index is 0.492. The van der Waals surface area contributed by atoms with Crippen molar-refractivity contribution in [3.05, 3.63) is 46.9 Å². The molecule has 21 heavy (non-hydrogen) atoms. The van der Waals surface area contributed by atoms with Crippen molar-refractivity contribution in [1.29, 1.82) is 0 Å². The molecule has 2 aromatic heterocycles. The molecule has 3 aromatic rings. The fraction of sp³-hybridized carbons (Fsp3) is 0.200. The van der Waals surface area contributed by atoms with E-state index in [1.165, 1.54) is 11.8 Å². The summed E-state index contributed by atoms with van der Waals surface area (Å²) in [5, 5.41) is 2.16. The van der Waals surface area contributed by atoms with Gasteiger partial charge in [0.15, 0.2) is 0 Å². The normalized spacial score (nSPS) is 11.0. The number of fused-ring (bicyclic) bond motifs is 1. The zero-order valence-corrected chi connectivity index (χ0v) is 13.2. The highest BCUT2D eigenvalue weighted by molar-refractivity contribution is 7.98. The van der Waals surface area contributed by atoms with Crippen molar-refractivity contribution in [2.75, 3.05) is 7.11 Å². The number of hydrogen-bond donors (Lipinski definition) is 0. The summed E-state index contributed by atoms with van der Waals surface area (Å²) in [6.07, 6.45) is 1.63. The molecule has 3 rings (SSSR count). The lowest BCUT2D eigenvalue weighted by atomic mass is 10.1. The second-order valence-corrected chi connectivity index (χ2v) is 5.83. The van der Waals surface area contributed by atoms with E-state index >= 15 is 0 Å². The van der Waals surface area contributed by atoms with Crippen LogP contribution in [0.2, 0.25) is 5.15 Å². The Hall–Kier alpha value is -1.72. The van der Waals surface area contributed by atoms with Gasteiger partial charge in [-0.3, -0.25) is 0 Å². The molecule has 108 valence electrons. The van der Waals surface area contributed by atoms with Crippen LogP contribution in [0.5, 0.6) is 5.75 Å². The first-order valence-corrected chi connectivity index (χ1v) is 7.70. The van der Waals surface area contributed by atoms with E-state index in [0.717, 1.165) is 27.9 Å². The van der Waals surface area contributed by atoms with Gasteiger partial charge in [-0.2, -0.15) is 0 Å². The van der Waals surface area contributed by atoms with Crippen molar-refractivity contribution >= 4 is 34.3 Å². The average molecular weight is 321 g/mol. The van der Waals surface area contributed by atoms with Gasteiger partial charge in [-0.25, -0.2) is 9.97 Å². The molecule has 0 spiro atoms. The van der Waals surface area contributed by atoms with Gasteiger partial charge in [-0.15, -0.1) is 0 Å². The maximum atomic E-state index is 6.25. The van der Waals surface area contributed by atoms with E-state index in [-0.39, 0.29) is 0 Å². The third kappa shape index (κ3) is 3.14. The Morgan fingerprint density at radius 2 is 2.14 bits per heavy atom. The molecule has 0 amide bonds. The van der Waals surface area contributed by atoms with E-state index in [9.17, 15) is 0 Å². The molecule has 0 unspecified atom stereocenters. The number of rotatable bonds is 4. The lowest BCUT2D eigenvalue weighted by molar-refractivity contribution is 0.415. The predicted molar refractivity (Wildman–Crippen MR) is 84.1 cm³/mol. The first-order valence-electron chi connectivity index (χ1n) is 6.34. The molecule has 2 heterocycles. The molecule has 6 heteroatoms. The van der Waals surface area contributed by atoms with Crippen LogP contribution in [0.3, 0.4) is 0 Å². The number of halogens is 1. The zero-order valence-electron chi connectivity index (χ0n) is 11.6. The Balaban J connectivity index is 1.86. The number of aromatic nitrogens is 2. The highest BCUT2D eigenvalue weighted by atomic mass is 35.5. The van der Waals surface area contributed by atoms with Crippen molar-refractivity contribution in [3.8, 4) is 5.75 Å². The maximum absolute atomic E-state index is 6.25. The Morgan fingerprint density at radius 3 is 2.86 bits per heavy atom. The molecule has 0 saturated carbocycles. The third-order valence-corrected chi connectivity index (χ3v) is 4.22. The van der Waals surface area contributed by atoms with Crippen molar-refractivity contribution in [1.82, 2.24) is 9.97 Å². The highest BCUT2D eigenvalue weighted by Gasteiger charge is 2.09. The number of thioether (sulfide) groups is 1. The molecular formula is C15H13ClN2O2S. The molecular weight excluding hydrogens is 308 g/mol. The fourth-order valence-electron chi connectivity index (χ4n) is 1.93. The number of benzene rings is 1. The van der Waals surface area contributed by atoms with Gasteiger partial charge in [0.25, 0.3) is 5.22 Å². The van der Waals surface area contributed by atoms with Crippen LogP contribution in [0.1, 0.15) is 11.3 Å². The van der Waals surface area contributed by atoms with E-state index in [4.69, 9.17) is 20.8 Å². The summed E-state index contributed by atoms with van der Waals surface area (Å²) in [7, 11) is 1.63. The second kappa shape index (κ2) is 5.95. The largest absolute Gasteiger partial charge is 0.497 e. The van der Waals surface area contributed by atoms with Gasteiger partial charge in [0.05, 0.1) is 18.3 Å². The number of nitrogens with zero attached hydrogens (tertiary/aromatic N) is 2. The molecule has 0 bridgehead atoms. The molecule has 0 aliphatic carbocycles. The first kappa shape index (κ1) is 14.2. The van der Waals surface area contributed by atoms with Crippen molar-refractivity contribution in [3.63, 3.8) is 0 Å². The van der Waals surface area contributed by atoms with Gasteiger partial charge in [-0.1, -0.05) is 23.4 Å². The summed E-state index contributed by atoms with van der Waals surface area (Å²) in [6.45, 7) is 1.89. The molecule has 0 fully saturated rings. The predicted octanol–water partition coefficient (Wildman–Crippen LogP) is 4.49. The summed E-state index contributed by atoms with van der Waals surface area (Å²) >= 11 is 7.75. The zero-order chi connectivity index (χ0) is 14.8. The van der Waals surface area contributed by atoms with Crippen LogP contribution in [0.15, 0.2) is 40.2 Å².